The SMILES string of the molecule is C#CC(C)(C)c1cn(C)cn1. The minimum Gasteiger partial charge on any atom is -0.340 e. The first kappa shape index (κ1) is 7.87. The van der Waals surface area contributed by atoms with E-state index in [0.717, 1.165) is 5.69 Å². The molecule has 0 amide bonds. The molecule has 1 aromatic rings. The number of imidazole rings is 1. The van der Waals surface area contributed by atoms with E-state index < -0.39 is 0 Å². The Labute approximate surface area is 67.3 Å². The number of aromatic nitrogens is 2. The van der Waals surface area contributed by atoms with Crippen LogP contribution in [0.4, 0.5) is 0 Å². The molecule has 0 bridgehead atoms. The summed E-state index contributed by atoms with van der Waals surface area (Å²) < 4.78 is 1.90. The molecule has 2 heteroatoms. The van der Waals surface area contributed by atoms with Crippen LogP contribution in [0, 0.1) is 12.3 Å². The second kappa shape index (κ2) is 2.43. The van der Waals surface area contributed by atoms with E-state index in [-0.39, 0.29) is 5.41 Å². The van der Waals surface area contributed by atoms with Gasteiger partial charge in [-0.3, -0.25) is 0 Å². The van der Waals surface area contributed by atoms with E-state index in [2.05, 4.69) is 10.9 Å². The first-order valence-electron chi connectivity index (χ1n) is 3.52. The molecule has 0 saturated heterocycles. The number of aryl methyl sites for hydroxylation is 1. The summed E-state index contributed by atoms with van der Waals surface area (Å²) in [5, 5.41) is 0. The quantitative estimate of drug-likeness (QED) is 0.549. The van der Waals surface area contributed by atoms with Gasteiger partial charge >= 0.3 is 0 Å². The number of terminal acetylenes is 1. The maximum Gasteiger partial charge on any atom is 0.0947 e. The molecule has 0 aromatic carbocycles. The van der Waals surface area contributed by atoms with Crippen LogP contribution in [0.1, 0.15) is 19.5 Å². The predicted octanol–water partition coefficient (Wildman–Crippen LogP) is 1.33. The van der Waals surface area contributed by atoms with E-state index in [9.17, 15) is 0 Å². The molecule has 11 heavy (non-hydrogen) atoms. The molecule has 0 radical (unpaired) electrons. The highest BCUT2D eigenvalue weighted by Crippen LogP contribution is 2.18. The molecule has 0 aliphatic rings. The second-order valence-corrected chi connectivity index (χ2v) is 3.19. The Balaban J connectivity index is 3.04. The molecule has 0 aliphatic heterocycles. The first-order chi connectivity index (χ1) is 5.06. The average molecular weight is 148 g/mol. The molecular weight excluding hydrogens is 136 g/mol. The van der Waals surface area contributed by atoms with E-state index in [1.54, 1.807) is 6.33 Å². The lowest BCUT2D eigenvalue weighted by Crippen LogP contribution is -2.14. The fourth-order valence-electron chi connectivity index (χ4n) is 0.810. The summed E-state index contributed by atoms with van der Waals surface area (Å²) in [5.74, 6) is 2.70. The van der Waals surface area contributed by atoms with Crippen LogP contribution < -0.4 is 0 Å². The van der Waals surface area contributed by atoms with E-state index in [4.69, 9.17) is 6.42 Å². The van der Waals surface area contributed by atoms with Crippen LogP contribution >= 0.6 is 0 Å². The largest absolute Gasteiger partial charge is 0.340 e. The van der Waals surface area contributed by atoms with Crippen molar-refractivity contribution in [2.45, 2.75) is 19.3 Å². The minimum atomic E-state index is -0.249. The Bertz CT molecular complexity index is 289. The normalized spacial score (nSPS) is 11.1. The fourth-order valence-corrected chi connectivity index (χ4v) is 0.810. The highest BCUT2D eigenvalue weighted by atomic mass is 15.0. The molecule has 1 heterocycles. The number of hydrogen-bond acceptors (Lipinski definition) is 1. The van der Waals surface area contributed by atoms with Crippen molar-refractivity contribution in [1.82, 2.24) is 9.55 Å². The monoisotopic (exact) mass is 148 g/mol. The van der Waals surface area contributed by atoms with Gasteiger partial charge in [0.15, 0.2) is 0 Å². The topological polar surface area (TPSA) is 17.8 Å². The molecule has 1 rings (SSSR count). The van der Waals surface area contributed by atoms with Crippen molar-refractivity contribution in [3.05, 3.63) is 18.2 Å². The van der Waals surface area contributed by atoms with Gasteiger partial charge in [-0.1, -0.05) is 5.92 Å². The zero-order valence-electron chi connectivity index (χ0n) is 7.13. The average Bonchev–Trinajstić information content (AvgIpc) is 2.36. The van der Waals surface area contributed by atoms with Crippen molar-refractivity contribution in [1.29, 1.82) is 0 Å². The lowest BCUT2D eigenvalue weighted by molar-refractivity contribution is 0.674. The van der Waals surface area contributed by atoms with Gasteiger partial charge in [0.25, 0.3) is 0 Å². The number of rotatable bonds is 1. The Hall–Kier alpha value is -1.23. The highest BCUT2D eigenvalue weighted by Gasteiger charge is 2.19. The summed E-state index contributed by atoms with van der Waals surface area (Å²) in [6.07, 6.45) is 9.05. The van der Waals surface area contributed by atoms with Gasteiger partial charge in [0.1, 0.15) is 0 Å². The van der Waals surface area contributed by atoms with Crippen LogP contribution in [0.2, 0.25) is 0 Å². The van der Waals surface area contributed by atoms with Gasteiger partial charge in [-0.25, -0.2) is 4.98 Å². The second-order valence-electron chi connectivity index (χ2n) is 3.19. The predicted molar refractivity (Wildman–Crippen MR) is 45.1 cm³/mol. The van der Waals surface area contributed by atoms with Crippen molar-refractivity contribution in [2.75, 3.05) is 0 Å². The third-order valence-electron chi connectivity index (χ3n) is 1.71. The standard InChI is InChI=1S/C9H12N2/c1-5-9(2,3)8-6-11(4)7-10-8/h1,6-7H,2-4H3. The Morgan fingerprint density at radius 1 is 1.64 bits per heavy atom. The van der Waals surface area contributed by atoms with Crippen LogP contribution in [0.15, 0.2) is 12.5 Å². The molecule has 0 spiro atoms. The summed E-state index contributed by atoms with van der Waals surface area (Å²) in [7, 11) is 1.93. The van der Waals surface area contributed by atoms with Gasteiger partial charge in [0.2, 0.25) is 0 Å². The molecule has 2 nitrogen and oxygen atoms in total. The van der Waals surface area contributed by atoms with E-state index >= 15 is 0 Å². The zero-order valence-corrected chi connectivity index (χ0v) is 7.13. The van der Waals surface area contributed by atoms with E-state index in [0.29, 0.717) is 0 Å². The van der Waals surface area contributed by atoms with Crippen molar-refractivity contribution in [3.63, 3.8) is 0 Å². The number of hydrogen-bond donors (Lipinski definition) is 0. The Morgan fingerprint density at radius 2 is 2.27 bits per heavy atom. The van der Waals surface area contributed by atoms with Crippen LogP contribution in [-0.2, 0) is 12.5 Å². The fraction of sp³-hybridized carbons (Fsp3) is 0.444. The van der Waals surface area contributed by atoms with Crippen molar-refractivity contribution < 1.29 is 0 Å². The van der Waals surface area contributed by atoms with Crippen LogP contribution in [0.3, 0.4) is 0 Å². The summed E-state index contributed by atoms with van der Waals surface area (Å²) >= 11 is 0. The van der Waals surface area contributed by atoms with E-state index in [1.165, 1.54) is 0 Å². The third-order valence-corrected chi connectivity index (χ3v) is 1.71. The third kappa shape index (κ3) is 1.43. The summed E-state index contributed by atoms with van der Waals surface area (Å²) in [6.45, 7) is 3.96. The van der Waals surface area contributed by atoms with Crippen LogP contribution in [-0.4, -0.2) is 9.55 Å². The van der Waals surface area contributed by atoms with Gasteiger partial charge in [-0.15, -0.1) is 6.42 Å². The lowest BCUT2D eigenvalue weighted by atomic mass is 9.91. The number of nitrogens with zero attached hydrogens (tertiary/aromatic N) is 2. The van der Waals surface area contributed by atoms with Gasteiger partial charge in [-0.2, -0.15) is 0 Å². The van der Waals surface area contributed by atoms with Gasteiger partial charge < -0.3 is 4.57 Å². The molecule has 58 valence electrons. The molecule has 0 aliphatic carbocycles. The van der Waals surface area contributed by atoms with Crippen molar-refractivity contribution in [3.8, 4) is 12.3 Å². The molecule has 1 aromatic heterocycles. The molecule has 0 saturated carbocycles. The van der Waals surface area contributed by atoms with Gasteiger partial charge in [-0.05, 0) is 13.8 Å². The van der Waals surface area contributed by atoms with Crippen LogP contribution in [0.5, 0.6) is 0 Å². The summed E-state index contributed by atoms with van der Waals surface area (Å²) in [6, 6.07) is 0. The molecule has 0 unspecified atom stereocenters. The Morgan fingerprint density at radius 3 is 2.64 bits per heavy atom. The van der Waals surface area contributed by atoms with Crippen molar-refractivity contribution >= 4 is 0 Å². The smallest absolute Gasteiger partial charge is 0.0947 e. The summed E-state index contributed by atoms with van der Waals surface area (Å²) in [4.78, 5) is 4.18. The van der Waals surface area contributed by atoms with Crippen LogP contribution in [0.25, 0.3) is 0 Å². The van der Waals surface area contributed by atoms with E-state index in [1.807, 2.05) is 31.7 Å². The van der Waals surface area contributed by atoms with Gasteiger partial charge in [0.05, 0.1) is 17.4 Å². The molecule has 0 N–H and O–H groups in total. The molecular formula is C9H12N2. The summed E-state index contributed by atoms with van der Waals surface area (Å²) in [5.41, 5.74) is 0.698. The minimum absolute atomic E-state index is 0.249. The maximum absolute atomic E-state index is 5.35. The van der Waals surface area contributed by atoms with Crippen molar-refractivity contribution in [2.24, 2.45) is 7.05 Å². The molecule has 0 fully saturated rings. The first-order valence-corrected chi connectivity index (χ1v) is 3.52. The lowest BCUT2D eigenvalue weighted by Gasteiger charge is -2.12. The zero-order chi connectivity index (χ0) is 8.48. The molecule has 0 atom stereocenters. The highest BCUT2D eigenvalue weighted by molar-refractivity contribution is 5.23. The maximum atomic E-state index is 5.35. The van der Waals surface area contributed by atoms with Gasteiger partial charge in [0, 0.05) is 13.2 Å². The Kier molecular flexibility index (Phi) is 1.74.